The standard InChI is InChI=1S/C36H34ClN7O4/c1-20-23(25-8-5-9-26(30(25)37)41-33(45)32-40-28-17-43(2)18-29(28)44(32)3)6-4-7-24(20)34-42-27-15-21(14-22(16-38)31(27)48-34)10-11-36(35(46)47)12-13-39-19-36/h4-9,14-15,39H,10-13,17-19H2,1-3H3,(H,41,45)(H,46,47). The third-order valence-corrected chi connectivity index (χ3v) is 10.1. The van der Waals surface area contributed by atoms with E-state index >= 15 is 0 Å². The summed E-state index contributed by atoms with van der Waals surface area (Å²) in [5.74, 6) is -0.448. The van der Waals surface area contributed by atoms with Gasteiger partial charge >= 0.3 is 5.97 Å². The number of anilines is 1. The molecule has 0 saturated carbocycles. The van der Waals surface area contributed by atoms with Crippen molar-refractivity contribution in [3.8, 4) is 28.7 Å². The summed E-state index contributed by atoms with van der Waals surface area (Å²) < 4.78 is 8.03. The molecule has 0 spiro atoms. The molecule has 11 nitrogen and oxygen atoms in total. The number of nitrogens with one attached hydrogen (secondary N) is 2. The van der Waals surface area contributed by atoms with E-state index in [1.807, 2.05) is 62.0 Å². The van der Waals surface area contributed by atoms with Crippen LogP contribution in [0, 0.1) is 23.7 Å². The second-order valence-corrected chi connectivity index (χ2v) is 13.2. The molecule has 7 rings (SSSR count). The summed E-state index contributed by atoms with van der Waals surface area (Å²) in [4.78, 5) is 36.9. The highest BCUT2D eigenvalue weighted by Crippen LogP contribution is 2.40. The molecule has 4 heterocycles. The number of nitrogens with zero attached hydrogens (tertiary/aromatic N) is 5. The Balaban J connectivity index is 1.18. The molecule has 1 saturated heterocycles. The normalized spacial score (nSPS) is 17.5. The second kappa shape index (κ2) is 12.2. The number of carboxylic acids is 1. The molecule has 1 atom stereocenters. The molecule has 5 aromatic rings. The molecule has 1 unspecified atom stereocenters. The molecule has 3 N–H and O–H groups in total. The minimum atomic E-state index is -0.814. The van der Waals surface area contributed by atoms with Crippen LogP contribution in [0.4, 0.5) is 5.69 Å². The lowest BCUT2D eigenvalue weighted by Crippen LogP contribution is -2.33. The maximum Gasteiger partial charge on any atom is 0.310 e. The third-order valence-electron chi connectivity index (χ3n) is 9.70. The van der Waals surface area contributed by atoms with E-state index < -0.39 is 11.4 Å². The molecule has 2 aromatic heterocycles. The number of carbonyl (C=O) groups is 2. The molecule has 0 radical (unpaired) electrons. The van der Waals surface area contributed by atoms with Crippen LogP contribution in [0.3, 0.4) is 0 Å². The highest BCUT2D eigenvalue weighted by atomic mass is 35.5. The molecule has 1 fully saturated rings. The fourth-order valence-corrected chi connectivity index (χ4v) is 7.20. The van der Waals surface area contributed by atoms with Gasteiger partial charge in [-0.05, 0) is 80.7 Å². The van der Waals surface area contributed by atoms with Gasteiger partial charge in [-0.1, -0.05) is 35.9 Å². The van der Waals surface area contributed by atoms with Gasteiger partial charge in [0.1, 0.15) is 11.6 Å². The predicted molar refractivity (Wildman–Crippen MR) is 182 cm³/mol. The van der Waals surface area contributed by atoms with Gasteiger partial charge in [-0.2, -0.15) is 5.26 Å². The van der Waals surface area contributed by atoms with Gasteiger partial charge in [-0.25, -0.2) is 9.97 Å². The smallest absolute Gasteiger partial charge is 0.310 e. The summed E-state index contributed by atoms with van der Waals surface area (Å²) in [5.41, 5.74) is 6.83. The van der Waals surface area contributed by atoms with Crippen LogP contribution in [-0.2, 0) is 31.4 Å². The van der Waals surface area contributed by atoms with Crippen LogP contribution in [0.2, 0.25) is 5.02 Å². The van der Waals surface area contributed by atoms with E-state index in [9.17, 15) is 20.0 Å². The average Bonchev–Trinajstić information content (AvgIpc) is 3.86. The number of halogens is 1. The lowest BCUT2D eigenvalue weighted by Gasteiger charge is -2.22. The first-order valence-electron chi connectivity index (χ1n) is 15.8. The number of oxazole rings is 1. The summed E-state index contributed by atoms with van der Waals surface area (Å²) >= 11 is 6.94. The van der Waals surface area contributed by atoms with Gasteiger partial charge in [-0.3, -0.25) is 14.5 Å². The maximum atomic E-state index is 13.3. The number of rotatable bonds is 8. The number of aromatic nitrogens is 3. The number of benzene rings is 3. The Hall–Kier alpha value is -5.02. The number of fused-ring (bicyclic) bond motifs is 2. The zero-order chi connectivity index (χ0) is 33.7. The Labute approximate surface area is 282 Å². The van der Waals surface area contributed by atoms with Gasteiger partial charge in [-0.15, -0.1) is 0 Å². The van der Waals surface area contributed by atoms with Crippen molar-refractivity contribution in [3.63, 3.8) is 0 Å². The van der Waals surface area contributed by atoms with Crippen LogP contribution in [0.25, 0.3) is 33.7 Å². The predicted octanol–water partition coefficient (Wildman–Crippen LogP) is 5.92. The number of hydrogen-bond acceptors (Lipinski definition) is 8. The van der Waals surface area contributed by atoms with Crippen molar-refractivity contribution in [1.82, 2.24) is 24.8 Å². The number of aryl methyl sites for hydroxylation is 1. The summed E-state index contributed by atoms with van der Waals surface area (Å²) in [7, 11) is 3.87. The quantitative estimate of drug-likeness (QED) is 0.184. The number of carbonyl (C=O) groups excluding carboxylic acids is 1. The van der Waals surface area contributed by atoms with E-state index in [0.717, 1.165) is 45.7 Å². The lowest BCUT2D eigenvalue weighted by molar-refractivity contribution is -0.148. The van der Waals surface area contributed by atoms with E-state index in [0.29, 0.717) is 78.0 Å². The van der Waals surface area contributed by atoms with Crippen LogP contribution in [0.15, 0.2) is 52.9 Å². The molecular formula is C36H34ClN7O4. The number of hydrogen-bond donors (Lipinski definition) is 3. The number of amides is 1. The van der Waals surface area contributed by atoms with Gasteiger partial charge in [0.2, 0.25) is 5.89 Å². The van der Waals surface area contributed by atoms with Crippen LogP contribution in [0.1, 0.15) is 51.5 Å². The first-order valence-corrected chi connectivity index (χ1v) is 16.2. The van der Waals surface area contributed by atoms with Gasteiger partial charge < -0.3 is 24.7 Å². The number of aliphatic carboxylic acids is 1. The van der Waals surface area contributed by atoms with Crippen LogP contribution >= 0.6 is 11.6 Å². The summed E-state index contributed by atoms with van der Waals surface area (Å²) in [6, 6.07) is 17.1. The fraction of sp³-hybridized carbons (Fsp3) is 0.306. The summed E-state index contributed by atoms with van der Waals surface area (Å²) in [5, 5.41) is 26.3. The zero-order valence-electron chi connectivity index (χ0n) is 26.9. The Morgan fingerprint density at radius 2 is 1.90 bits per heavy atom. The monoisotopic (exact) mass is 663 g/mol. The summed E-state index contributed by atoms with van der Waals surface area (Å²) in [6.07, 6.45) is 1.53. The molecule has 2 aliphatic rings. The van der Waals surface area contributed by atoms with Crippen molar-refractivity contribution >= 4 is 40.3 Å². The molecule has 0 aliphatic carbocycles. The van der Waals surface area contributed by atoms with E-state index in [1.165, 1.54) is 0 Å². The number of carboxylic acid groups (broad SMARTS) is 1. The minimum Gasteiger partial charge on any atom is -0.481 e. The minimum absolute atomic E-state index is 0.334. The van der Waals surface area contributed by atoms with Crippen molar-refractivity contribution in [1.29, 1.82) is 5.26 Å². The van der Waals surface area contributed by atoms with Gasteiger partial charge in [0, 0.05) is 37.8 Å². The van der Waals surface area contributed by atoms with Crippen LogP contribution < -0.4 is 10.6 Å². The van der Waals surface area contributed by atoms with Crippen LogP contribution in [-0.4, -0.2) is 56.6 Å². The molecular weight excluding hydrogens is 630 g/mol. The number of imidazole rings is 1. The first kappa shape index (κ1) is 31.6. The summed E-state index contributed by atoms with van der Waals surface area (Å²) in [6.45, 7) is 4.50. The second-order valence-electron chi connectivity index (χ2n) is 12.8. The van der Waals surface area contributed by atoms with E-state index in [1.54, 1.807) is 12.1 Å². The zero-order valence-corrected chi connectivity index (χ0v) is 27.6. The molecule has 3 aromatic carbocycles. The molecule has 2 aliphatic heterocycles. The highest BCUT2D eigenvalue weighted by molar-refractivity contribution is 6.36. The van der Waals surface area contributed by atoms with Crippen molar-refractivity contribution < 1.29 is 19.1 Å². The molecule has 244 valence electrons. The SMILES string of the molecule is Cc1c(-c2nc3cc(CCC4(C(=O)O)CCNC4)cc(C#N)c3o2)cccc1-c1cccc(NC(=O)c2nc3c(n2C)CN(C)C3)c1Cl. The van der Waals surface area contributed by atoms with E-state index in [-0.39, 0.29) is 5.91 Å². The van der Waals surface area contributed by atoms with Gasteiger partial charge in [0.05, 0.1) is 33.1 Å². The highest BCUT2D eigenvalue weighted by Gasteiger charge is 2.40. The Bertz CT molecular complexity index is 2160. The van der Waals surface area contributed by atoms with Crippen molar-refractivity contribution in [2.75, 3.05) is 25.5 Å². The largest absolute Gasteiger partial charge is 0.481 e. The van der Waals surface area contributed by atoms with Crippen LogP contribution in [0.5, 0.6) is 0 Å². The average molecular weight is 664 g/mol. The Kier molecular flexibility index (Phi) is 8.03. The Morgan fingerprint density at radius 1 is 1.12 bits per heavy atom. The van der Waals surface area contributed by atoms with E-state index in [4.69, 9.17) is 21.0 Å². The van der Waals surface area contributed by atoms with Crippen molar-refractivity contribution in [2.45, 2.75) is 39.3 Å². The van der Waals surface area contributed by atoms with Crippen molar-refractivity contribution in [3.05, 3.63) is 87.5 Å². The molecule has 48 heavy (non-hydrogen) atoms. The first-order chi connectivity index (χ1) is 23.1. The topological polar surface area (TPSA) is 149 Å². The number of nitriles is 1. The molecule has 12 heteroatoms. The Morgan fingerprint density at radius 3 is 2.62 bits per heavy atom. The van der Waals surface area contributed by atoms with E-state index in [2.05, 4.69) is 26.6 Å². The third kappa shape index (κ3) is 5.42. The van der Waals surface area contributed by atoms with Crippen molar-refractivity contribution in [2.24, 2.45) is 12.5 Å². The lowest BCUT2D eigenvalue weighted by atomic mass is 9.81. The van der Waals surface area contributed by atoms with Gasteiger partial charge in [0.15, 0.2) is 11.4 Å². The molecule has 1 amide bonds. The fourth-order valence-electron chi connectivity index (χ4n) is 6.92. The molecule has 0 bridgehead atoms. The maximum absolute atomic E-state index is 13.3. The van der Waals surface area contributed by atoms with Gasteiger partial charge in [0.25, 0.3) is 5.91 Å².